The number of likely N-dealkylation sites (tertiary alicyclic amines) is 1. The van der Waals surface area contributed by atoms with Crippen LogP contribution in [0, 0.1) is 5.92 Å². The van der Waals surface area contributed by atoms with E-state index >= 15 is 0 Å². The fourth-order valence-electron chi connectivity index (χ4n) is 3.82. The number of carbonyl (C=O) groups is 1. The van der Waals surface area contributed by atoms with Gasteiger partial charge in [-0.2, -0.15) is 0 Å². The summed E-state index contributed by atoms with van der Waals surface area (Å²) in [7, 11) is 0. The summed E-state index contributed by atoms with van der Waals surface area (Å²) < 4.78 is 5.40. The highest BCUT2D eigenvalue weighted by atomic mass is 16.5. The molecule has 138 valence electrons. The van der Waals surface area contributed by atoms with Crippen molar-refractivity contribution >= 4 is 5.91 Å². The third-order valence-corrected chi connectivity index (χ3v) is 5.48. The van der Waals surface area contributed by atoms with E-state index in [2.05, 4.69) is 4.90 Å². The zero-order chi connectivity index (χ0) is 17.7. The topological polar surface area (TPSA) is 53.0 Å². The number of ether oxygens (including phenoxy) is 1. The quantitative estimate of drug-likeness (QED) is 0.884. The lowest BCUT2D eigenvalue weighted by atomic mass is 9.90. The number of aliphatic hydroxyl groups is 1. The van der Waals surface area contributed by atoms with Gasteiger partial charge in [0, 0.05) is 32.7 Å². The Morgan fingerprint density at radius 3 is 2.44 bits per heavy atom. The van der Waals surface area contributed by atoms with E-state index in [9.17, 15) is 9.90 Å². The van der Waals surface area contributed by atoms with E-state index in [1.54, 1.807) is 6.92 Å². The second kappa shape index (κ2) is 8.30. The molecule has 0 spiro atoms. The van der Waals surface area contributed by atoms with Crippen molar-refractivity contribution in [2.45, 2.75) is 31.8 Å². The number of morpholine rings is 1. The van der Waals surface area contributed by atoms with Crippen molar-refractivity contribution in [2.75, 3.05) is 45.9 Å². The lowest BCUT2D eigenvalue weighted by molar-refractivity contribution is -0.137. The standard InChI is InChI=1S/C20H30N2O3/c1-20(24,18-5-3-2-4-6-18)15-19(23)22-9-7-17(8-10-22)16-21-11-13-25-14-12-21/h2-6,17,24H,7-16H2,1H3. The van der Waals surface area contributed by atoms with Crippen molar-refractivity contribution < 1.29 is 14.6 Å². The molecule has 1 atom stereocenters. The molecule has 1 amide bonds. The zero-order valence-corrected chi connectivity index (χ0v) is 15.2. The predicted octanol–water partition coefficient (Wildman–Crippen LogP) is 1.85. The van der Waals surface area contributed by atoms with Gasteiger partial charge in [0.25, 0.3) is 0 Å². The van der Waals surface area contributed by atoms with Crippen LogP contribution < -0.4 is 0 Å². The lowest BCUT2D eigenvalue weighted by Crippen LogP contribution is -2.45. The predicted molar refractivity (Wildman–Crippen MR) is 97.2 cm³/mol. The zero-order valence-electron chi connectivity index (χ0n) is 15.2. The highest BCUT2D eigenvalue weighted by Crippen LogP contribution is 2.27. The lowest BCUT2D eigenvalue weighted by Gasteiger charge is -2.37. The van der Waals surface area contributed by atoms with E-state index in [0.717, 1.165) is 64.3 Å². The minimum atomic E-state index is -1.11. The Morgan fingerprint density at radius 1 is 1.16 bits per heavy atom. The third-order valence-electron chi connectivity index (χ3n) is 5.48. The van der Waals surface area contributed by atoms with Crippen molar-refractivity contribution in [3.63, 3.8) is 0 Å². The number of carbonyl (C=O) groups excluding carboxylic acids is 1. The molecule has 25 heavy (non-hydrogen) atoms. The molecule has 2 aliphatic heterocycles. The van der Waals surface area contributed by atoms with Crippen LogP contribution in [-0.4, -0.2) is 66.8 Å². The largest absolute Gasteiger partial charge is 0.385 e. The van der Waals surface area contributed by atoms with E-state index < -0.39 is 5.60 Å². The SMILES string of the molecule is CC(O)(CC(=O)N1CCC(CN2CCOCC2)CC1)c1ccccc1. The molecule has 0 aliphatic carbocycles. The number of benzene rings is 1. The maximum absolute atomic E-state index is 12.6. The van der Waals surface area contributed by atoms with E-state index in [-0.39, 0.29) is 12.3 Å². The van der Waals surface area contributed by atoms with E-state index in [1.807, 2.05) is 35.2 Å². The van der Waals surface area contributed by atoms with Crippen molar-refractivity contribution in [3.05, 3.63) is 35.9 Å². The van der Waals surface area contributed by atoms with Crippen LogP contribution in [0.3, 0.4) is 0 Å². The Labute approximate surface area is 150 Å². The number of piperidine rings is 1. The number of hydrogen-bond acceptors (Lipinski definition) is 4. The summed E-state index contributed by atoms with van der Waals surface area (Å²) in [4.78, 5) is 17.0. The molecule has 2 fully saturated rings. The molecule has 1 aromatic carbocycles. The van der Waals surface area contributed by atoms with Crippen LogP contribution in [0.25, 0.3) is 0 Å². The maximum atomic E-state index is 12.6. The van der Waals surface area contributed by atoms with Crippen molar-refractivity contribution in [1.82, 2.24) is 9.80 Å². The molecule has 2 saturated heterocycles. The average molecular weight is 346 g/mol. The van der Waals surface area contributed by atoms with Crippen molar-refractivity contribution in [2.24, 2.45) is 5.92 Å². The third kappa shape index (κ3) is 5.03. The van der Waals surface area contributed by atoms with Gasteiger partial charge in [0.05, 0.1) is 25.2 Å². The van der Waals surface area contributed by atoms with Gasteiger partial charge in [-0.05, 0) is 31.2 Å². The maximum Gasteiger partial charge on any atom is 0.225 e. The summed E-state index contributed by atoms with van der Waals surface area (Å²) in [5, 5.41) is 10.7. The summed E-state index contributed by atoms with van der Waals surface area (Å²) in [5.74, 6) is 0.718. The first-order valence-corrected chi connectivity index (χ1v) is 9.40. The Bertz CT molecular complexity index is 547. The summed E-state index contributed by atoms with van der Waals surface area (Å²) >= 11 is 0. The van der Waals surface area contributed by atoms with Gasteiger partial charge in [-0.3, -0.25) is 9.69 Å². The average Bonchev–Trinajstić information content (AvgIpc) is 2.63. The number of rotatable bonds is 5. The van der Waals surface area contributed by atoms with Crippen LogP contribution in [0.4, 0.5) is 0 Å². The molecular formula is C20H30N2O3. The molecule has 5 heteroatoms. The molecular weight excluding hydrogens is 316 g/mol. The van der Waals surface area contributed by atoms with Crippen LogP contribution in [0.1, 0.15) is 31.7 Å². The Morgan fingerprint density at radius 2 is 1.80 bits per heavy atom. The van der Waals surface area contributed by atoms with E-state index in [4.69, 9.17) is 4.74 Å². The van der Waals surface area contributed by atoms with Crippen molar-refractivity contribution in [1.29, 1.82) is 0 Å². The van der Waals surface area contributed by atoms with Crippen LogP contribution in [0.15, 0.2) is 30.3 Å². The van der Waals surface area contributed by atoms with Crippen LogP contribution in [0.2, 0.25) is 0 Å². The van der Waals surface area contributed by atoms with E-state index in [1.165, 1.54) is 0 Å². The van der Waals surface area contributed by atoms with Gasteiger partial charge in [-0.1, -0.05) is 30.3 Å². The number of amides is 1. The molecule has 1 N–H and O–H groups in total. The summed E-state index contributed by atoms with van der Waals surface area (Å²) in [6, 6.07) is 9.46. The normalized spacial score (nSPS) is 22.6. The first-order valence-electron chi connectivity index (χ1n) is 9.40. The van der Waals surface area contributed by atoms with E-state index in [0.29, 0.717) is 5.92 Å². The van der Waals surface area contributed by atoms with Gasteiger partial charge in [0.15, 0.2) is 0 Å². The number of hydrogen-bond donors (Lipinski definition) is 1. The molecule has 1 unspecified atom stereocenters. The Hall–Kier alpha value is -1.43. The molecule has 2 heterocycles. The minimum absolute atomic E-state index is 0.0543. The first kappa shape index (κ1) is 18.4. The molecule has 1 aromatic rings. The van der Waals surface area contributed by atoms with Gasteiger partial charge in [0.2, 0.25) is 5.91 Å². The highest BCUT2D eigenvalue weighted by molar-refractivity contribution is 5.77. The van der Waals surface area contributed by atoms with Gasteiger partial charge < -0.3 is 14.7 Å². The summed E-state index contributed by atoms with van der Waals surface area (Å²) in [5.41, 5.74) is -0.311. The Kier molecular flexibility index (Phi) is 6.10. The highest BCUT2D eigenvalue weighted by Gasteiger charge is 2.31. The molecule has 0 aromatic heterocycles. The molecule has 0 saturated carbocycles. The number of nitrogens with zero attached hydrogens (tertiary/aromatic N) is 2. The molecule has 5 nitrogen and oxygen atoms in total. The second-order valence-electron chi connectivity index (χ2n) is 7.55. The monoisotopic (exact) mass is 346 g/mol. The van der Waals surface area contributed by atoms with Crippen molar-refractivity contribution in [3.8, 4) is 0 Å². The van der Waals surface area contributed by atoms with Crippen LogP contribution >= 0.6 is 0 Å². The molecule has 2 aliphatic rings. The van der Waals surface area contributed by atoms with Crippen LogP contribution in [0.5, 0.6) is 0 Å². The van der Waals surface area contributed by atoms with Crippen LogP contribution in [-0.2, 0) is 15.1 Å². The van der Waals surface area contributed by atoms with Gasteiger partial charge in [0.1, 0.15) is 0 Å². The smallest absolute Gasteiger partial charge is 0.225 e. The summed E-state index contributed by atoms with van der Waals surface area (Å²) in [6.45, 7) is 8.19. The first-order chi connectivity index (χ1) is 12.0. The minimum Gasteiger partial charge on any atom is -0.385 e. The summed E-state index contributed by atoms with van der Waals surface area (Å²) in [6.07, 6.45) is 2.25. The van der Waals surface area contributed by atoms with Gasteiger partial charge in [-0.15, -0.1) is 0 Å². The molecule has 0 radical (unpaired) electrons. The molecule has 3 rings (SSSR count). The fraction of sp³-hybridized carbons (Fsp3) is 0.650. The second-order valence-corrected chi connectivity index (χ2v) is 7.55. The Balaban J connectivity index is 1.46. The van der Waals surface area contributed by atoms with Gasteiger partial charge in [-0.25, -0.2) is 0 Å². The fourth-order valence-corrected chi connectivity index (χ4v) is 3.82. The molecule has 0 bridgehead atoms. The van der Waals surface area contributed by atoms with Gasteiger partial charge >= 0.3 is 0 Å².